The SMILES string of the molecule is N#CCN1C(=O)CCSc2ccccc21. The second-order valence-corrected chi connectivity index (χ2v) is 4.34. The van der Waals surface area contributed by atoms with Gasteiger partial charge < -0.3 is 0 Å². The Labute approximate surface area is 92.7 Å². The summed E-state index contributed by atoms with van der Waals surface area (Å²) in [5, 5.41) is 8.70. The quantitative estimate of drug-likeness (QED) is 0.677. The topological polar surface area (TPSA) is 44.1 Å². The van der Waals surface area contributed by atoms with Crippen LogP contribution in [-0.4, -0.2) is 18.2 Å². The first kappa shape index (κ1) is 10.1. The van der Waals surface area contributed by atoms with E-state index >= 15 is 0 Å². The zero-order chi connectivity index (χ0) is 10.7. The molecular weight excluding hydrogens is 208 g/mol. The predicted octanol–water partition coefficient (Wildman–Crippen LogP) is 2.04. The number of para-hydroxylation sites is 1. The normalized spacial score (nSPS) is 15.4. The van der Waals surface area contributed by atoms with E-state index in [1.807, 2.05) is 30.3 Å². The molecule has 0 saturated carbocycles. The number of benzene rings is 1. The molecule has 4 heteroatoms. The van der Waals surface area contributed by atoms with Gasteiger partial charge in [0.15, 0.2) is 0 Å². The lowest BCUT2D eigenvalue weighted by Crippen LogP contribution is -2.30. The average Bonchev–Trinajstić information content (AvgIpc) is 2.40. The lowest BCUT2D eigenvalue weighted by molar-refractivity contribution is -0.118. The van der Waals surface area contributed by atoms with Gasteiger partial charge in [0.2, 0.25) is 5.91 Å². The molecule has 76 valence electrons. The number of nitrogens with zero attached hydrogens (tertiary/aromatic N) is 2. The number of hydrogen-bond acceptors (Lipinski definition) is 3. The van der Waals surface area contributed by atoms with Crippen LogP contribution in [0.3, 0.4) is 0 Å². The molecule has 0 aliphatic carbocycles. The summed E-state index contributed by atoms with van der Waals surface area (Å²) in [5.74, 6) is 0.826. The van der Waals surface area contributed by atoms with Gasteiger partial charge in [-0.3, -0.25) is 9.69 Å². The molecule has 1 amide bonds. The average molecular weight is 218 g/mol. The molecule has 0 saturated heterocycles. The molecule has 1 aliphatic rings. The highest BCUT2D eigenvalue weighted by molar-refractivity contribution is 7.99. The van der Waals surface area contributed by atoms with Crippen LogP contribution >= 0.6 is 11.8 Å². The van der Waals surface area contributed by atoms with Crippen molar-refractivity contribution in [2.45, 2.75) is 11.3 Å². The maximum atomic E-state index is 11.7. The first-order valence-electron chi connectivity index (χ1n) is 4.72. The lowest BCUT2D eigenvalue weighted by Gasteiger charge is -2.18. The maximum absolute atomic E-state index is 11.7. The van der Waals surface area contributed by atoms with Crippen LogP contribution in [0.1, 0.15) is 6.42 Å². The van der Waals surface area contributed by atoms with Gasteiger partial charge in [0, 0.05) is 17.1 Å². The highest BCUT2D eigenvalue weighted by Gasteiger charge is 2.21. The molecule has 1 aromatic carbocycles. The fraction of sp³-hybridized carbons (Fsp3) is 0.273. The summed E-state index contributed by atoms with van der Waals surface area (Å²) >= 11 is 1.67. The molecule has 0 spiro atoms. The van der Waals surface area contributed by atoms with E-state index in [1.54, 1.807) is 16.7 Å². The molecule has 0 fully saturated rings. The molecule has 0 N–H and O–H groups in total. The van der Waals surface area contributed by atoms with Crippen LogP contribution in [0.2, 0.25) is 0 Å². The van der Waals surface area contributed by atoms with Gasteiger partial charge in [-0.2, -0.15) is 5.26 Å². The van der Waals surface area contributed by atoms with Crippen molar-refractivity contribution in [1.29, 1.82) is 5.26 Å². The number of carbonyl (C=O) groups excluding carboxylic acids is 1. The number of rotatable bonds is 1. The van der Waals surface area contributed by atoms with Gasteiger partial charge in [0.1, 0.15) is 6.54 Å². The Hall–Kier alpha value is -1.47. The second kappa shape index (κ2) is 4.37. The third-order valence-corrected chi connectivity index (χ3v) is 3.32. The molecule has 1 aromatic rings. The maximum Gasteiger partial charge on any atom is 0.228 e. The minimum absolute atomic E-state index is 0.0361. The minimum atomic E-state index is 0.0361. The monoisotopic (exact) mass is 218 g/mol. The number of amides is 1. The Kier molecular flexibility index (Phi) is 2.93. The van der Waals surface area contributed by atoms with Crippen molar-refractivity contribution >= 4 is 23.4 Å². The van der Waals surface area contributed by atoms with Crippen LogP contribution in [0.15, 0.2) is 29.2 Å². The summed E-state index contributed by atoms with van der Waals surface area (Å²) in [6.45, 7) is 0.135. The Morgan fingerprint density at radius 1 is 1.47 bits per heavy atom. The molecule has 0 aromatic heterocycles. The number of nitriles is 1. The van der Waals surface area contributed by atoms with E-state index in [0.717, 1.165) is 16.3 Å². The van der Waals surface area contributed by atoms with E-state index in [-0.39, 0.29) is 12.5 Å². The molecule has 0 atom stereocenters. The lowest BCUT2D eigenvalue weighted by atomic mass is 10.2. The summed E-state index contributed by atoms with van der Waals surface area (Å²) < 4.78 is 0. The fourth-order valence-electron chi connectivity index (χ4n) is 1.56. The van der Waals surface area contributed by atoms with E-state index in [1.165, 1.54) is 0 Å². The smallest absolute Gasteiger partial charge is 0.228 e. The molecule has 0 unspecified atom stereocenters. The van der Waals surface area contributed by atoms with Gasteiger partial charge in [0.25, 0.3) is 0 Å². The van der Waals surface area contributed by atoms with Crippen LogP contribution in [0.25, 0.3) is 0 Å². The number of fused-ring (bicyclic) bond motifs is 1. The van der Waals surface area contributed by atoms with Crippen molar-refractivity contribution in [2.24, 2.45) is 0 Å². The van der Waals surface area contributed by atoms with Gasteiger partial charge in [-0.15, -0.1) is 11.8 Å². The standard InChI is InChI=1S/C11H10N2OS/c12-6-7-13-9-3-1-2-4-10(9)15-8-5-11(13)14/h1-4H,5,7-8H2. The van der Waals surface area contributed by atoms with Gasteiger partial charge in [-0.25, -0.2) is 0 Å². The van der Waals surface area contributed by atoms with Gasteiger partial charge in [-0.05, 0) is 12.1 Å². The van der Waals surface area contributed by atoms with E-state index in [9.17, 15) is 4.79 Å². The summed E-state index contributed by atoms with van der Waals surface area (Å²) in [5.41, 5.74) is 0.867. The van der Waals surface area contributed by atoms with Crippen molar-refractivity contribution in [3.05, 3.63) is 24.3 Å². The summed E-state index contributed by atoms with van der Waals surface area (Å²) in [6, 6.07) is 9.75. The Bertz CT molecular complexity index is 425. The molecule has 3 nitrogen and oxygen atoms in total. The van der Waals surface area contributed by atoms with Gasteiger partial charge >= 0.3 is 0 Å². The zero-order valence-electron chi connectivity index (χ0n) is 8.14. The molecule has 0 radical (unpaired) electrons. The molecule has 1 heterocycles. The third kappa shape index (κ3) is 1.97. The van der Waals surface area contributed by atoms with Crippen molar-refractivity contribution in [3.63, 3.8) is 0 Å². The van der Waals surface area contributed by atoms with Crippen LogP contribution in [0, 0.1) is 11.3 Å². The van der Waals surface area contributed by atoms with Gasteiger partial charge in [0.05, 0.1) is 11.8 Å². The van der Waals surface area contributed by atoms with Crippen LogP contribution < -0.4 is 4.90 Å². The number of hydrogen-bond donors (Lipinski definition) is 0. The minimum Gasteiger partial charge on any atom is -0.297 e. The zero-order valence-corrected chi connectivity index (χ0v) is 8.96. The molecular formula is C11H10N2OS. The Morgan fingerprint density at radius 2 is 2.27 bits per heavy atom. The molecule has 0 bridgehead atoms. The Morgan fingerprint density at radius 3 is 3.07 bits per heavy atom. The highest BCUT2D eigenvalue weighted by atomic mass is 32.2. The molecule has 2 rings (SSSR count). The third-order valence-electron chi connectivity index (χ3n) is 2.26. The summed E-state index contributed by atoms with van der Waals surface area (Å²) in [6.07, 6.45) is 0.501. The largest absolute Gasteiger partial charge is 0.297 e. The van der Waals surface area contributed by atoms with Crippen LogP contribution in [-0.2, 0) is 4.79 Å². The first-order chi connectivity index (χ1) is 7.33. The van der Waals surface area contributed by atoms with Crippen molar-refractivity contribution in [3.8, 4) is 6.07 Å². The number of carbonyl (C=O) groups is 1. The van der Waals surface area contributed by atoms with Crippen molar-refractivity contribution < 1.29 is 4.79 Å². The predicted molar refractivity (Wildman–Crippen MR) is 59.7 cm³/mol. The summed E-state index contributed by atoms with van der Waals surface area (Å²) in [7, 11) is 0. The van der Waals surface area contributed by atoms with E-state index in [4.69, 9.17) is 5.26 Å². The van der Waals surface area contributed by atoms with E-state index in [2.05, 4.69) is 0 Å². The number of anilines is 1. The fourth-order valence-corrected chi connectivity index (χ4v) is 2.56. The molecule has 1 aliphatic heterocycles. The van der Waals surface area contributed by atoms with Gasteiger partial charge in [-0.1, -0.05) is 12.1 Å². The number of thioether (sulfide) groups is 1. The van der Waals surface area contributed by atoms with Crippen molar-refractivity contribution in [1.82, 2.24) is 0 Å². The van der Waals surface area contributed by atoms with Crippen molar-refractivity contribution in [2.75, 3.05) is 17.2 Å². The second-order valence-electron chi connectivity index (χ2n) is 3.20. The Balaban J connectivity index is 2.43. The van der Waals surface area contributed by atoms with Crippen LogP contribution in [0.5, 0.6) is 0 Å². The first-order valence-corrected chi connectivity index (χ1v) is 5.70. The van der Waals surface area contributed by atoms with E-state index in [0.29, 0.717) is 6.42 Å². The summed E-state index contributed by atoms with van der Waals surface area (Å²) in [4.78, 5) is 14.4. The van der Waals surface area contributed by atoms with E-state index < -0.39 is 0 Å². The molecule has 15 heavy (non-hydrogen) atoms. The highest BCUT2D eigenvalue weighted by Crippen LogP contribution is 2.33. The van der Waals surface area contributed by atoms with Crippen LogP contribution in [0.4, 0.5) is 5.69 Å².